The molecule has 8 nitrogen and oxygen atoms in total. The van der Waals surface area contributed by atoms with Gasteiger partial charge in [0.15, 0.2) is 0 Å². The second-order valence-corrected chi connectivity index (χ2v) is 8.92. The summed E-state index contributed by atoms with van der Waals surface area (Å²) in [4.78, 5) is 50.4. The number of nitrogens with one attached hydrogen (secondary N) is 1. The maximum atomic E-state index is 12.4. The van der Waals surface area contributed by atoms with E-state index in [0.717, 1.165) is 39.7 Å². The number of aromatic nitrogens is 2. The van der Waals surface area contributed by atoms with E-state index in [0.29, 0.717) is 15.9 Å². The predicted molar refractivity (Wildman–Crippen MR) is 128 cm³/mol. The second kappa shape index (κ2) is 7.83. The van der Waals surface area contributed by atoms with E-state index in [1.54, 1.807) is 20.2 Å². The Morgan fingerprint density at radius 1 is 0.906 bits per heavy atom. The number of carbonyl (C=O) groups excluding carboxylic acids is 2. The first kappa shape index (κ1) is 21.6. The third-order valence-electron chi connectivity index (χ3n) is 5.57. The molecule has 0 atom stereocenters. The van der Waals surface area contributed by atoms with Crippen molar-refractivity contribution in [3.63, 3.8) is 0 Å². The molecular weight excluding hydrogens is 428 g/mol. The van der Waals surface area contributed by atoms with Crippen molar-refractivity contribution in [2.24, 2.45) is 14.1 Å². The van der Waals surface area contributed by atoms with Crippen LogP contribution in [0.3, 0.4) is 0 Å². The summed E-state index contributed by atoms with van der Waals surface area (Å²) in [5.41, 5.74) is 4.60. The van der Waals surface area contributed by atoms with E-state index in [1.807, 2.05) is 56.3 Å². The van der Waals surface area contributed by atoms with Gasteiger partial charge in [-0.2, -0.15) is 0 Å². The van der Waals surface area contributed by atoms with Crippen molar-refractivity contribution in [2.45, 2.75) is 6.92 Å². The van der Waals surface area contributed by atoms with Gasteiger partial charge in [-0.05, 0) is 65.7 Å². The van der Waals surface area contributed by atoms with Crippen LogP contribution >= 0.6 is 11.8 Å². The number of amides is 2. The molecule has 164 valence electrons. The Balaban J connectivity index is 1.98. The van der Waals surface area contributed by atoms with Gasteiger partial charge in [-0.3, -0.25) is 24.5 Å². The molecular formula is C23H22N4O4S. The van der Waals surface area contributed by atoms with Gasteiger partial charge in [0.1, 0.15) is 0 Å². The molecule has 1 saturated heterocycles. The molecule has 2 amide bonds. The average molecular weight is 451 g/mol. The maximum absolute atomic E-state index is 12.4. The van der Waals surface area contributed by atoms with Crippen LogP contribution in [0.25, 0.3) is 28.2 Å². The van der Waals surface area contributed by atoms with E-state index >= 15 is 0 Å². The first-order valence-corrected chi connectivity index (χ1v) is 10.7. The van der Waals surface area contributed by atoms with Gasteiger partial charge in [0, 0.05) is 39.4 Å². The third-order valence-corrected chi connectivity index (χ3v) is 6.38. The summed E-state index contributed by atoms with van der Waals surface area (Å²) >= 11 is 0.873. The molecule has 2 aromatic carbocycles. The van der Waals surface area contributed by atoms with Gasteiger partial charge >= 0.3 is 11.1 Å². The molecule has 9 heteroatoms. The quantitative estimate of drug-likeness (QED) is 0.487. The number of aryl methyl sites for hydroxylation is 3. The van der Waals surface area contributed by atoms with Crippen LogP contribution in [0.1, 0.15) is 11.1 Å². The molecule has 1 N–H and O–H groups in total. The number of fused-ring (bicyclic) bond motifs is 1. The summed E-state index contributed by atoms with van der Waals surface area (Å²) in [6, 6.07) is 9.59. The van der Waals surface area contributed by atoms with Crippen LogP contribution in [0.5, 0.6) is 0 Å². The highest BCUT2D eigenvalue weighted by Gasteiger charge is 2.25. The molecule has 0 radical (unpaired) electrons. The highest BCUT2D eigenvalue weighted by atomic mass is 32.2. The van der Waals surface area contributed by atoms with E-state index in [1.165, 1.54) is 9.13 Å². The molecule has 1 aliphatic heterocycles. The van der Waals surface area contributed by atoms with Crippen LogP contribution in [0.4, 0.5) is 10.5 Å². The normalized spacial score (nSPS) is 15.0. The zero-order chi connectivity index (χ0) is 23.3. The molecule has 0 bridgehead atoms. The molecule has 0 unspecified atom stereocenters. The molecule has 32 heavy (non-hydrogen) atoms. The van der Waals surface area contributed by atoms with Gasteiger partial charge in [0.25, 0.3) is 11.1 Å². The molecule has 2 heterocycles. The molecule has 0 aliphatic carbocycles. The van der Waals surface area contributed by atoms with Crippen molar-refractivity contribution in [2.75, 3.05) is 19.0 Å². The minimum atomic E-state index is -0.588. The lowest BCUT2D eigenvalue weighted by Crippen LogP contribution is -2.39. The van der Waals surface area contributed by atoms with Crippen LogP contribution in [-0.2, 0) is 18.9 Å². The first-order chi connectivity index (χ1) is 15.1. The van der Waals surface area contributed by atoms with E-state index in [4.69, 9.17) is 0 Å². The zero-order valence-electron chi connectivity index (χ0n) is 18.3. The summed E-state index contributed by atoms with van der Waals surface area (Å²) < 4.78 is 2.74. The summed E-state index contributed by atoms with van der Waals surface area (Å²) in [6.07, 6.45) is 1.68. The highest BCUT2D eigenvalue weighted by Crippen LogP contribution is 2.36. The number of imide groups is 1. The number of carbonyl (C=O) groups is 2. The summed E-state index contributed by atoms with van der Waals surface area (Å²) in [5, 5.41) is 1.88. The number of hydrogen-bond acceptors (Lipinski definition) is 6. The van der Waals surface area contributed by atoms with Gasteiger partial charge < -0.3 is 14.0 Å². The third kappa shape index (κ3) is 3.54. The smallest absolute Gasteiger partial charge is 0.316 e. The highest BCUT2D eigenvalue weighted by molar-refractivity contribution is 8.18. The van der Waals surface area contributed by atoms with E-state index in [2.05, 4.69) is 5.32 Å². The maximum Gasteiger partial charge on any atom is 0.316 e. The summed E-state index contributed by atoms with van der Waals surface area (Å²) in [6.45, 7) is 1.95. The molecule has 1 aliphatic rings. The lowest BCUT2D eigenvalue weighted by atomic mass is 9.95. The topological polar surface area (TPSA) is 93.4 Å². The summed E-state index contributed by atoms with van der Waals surface area (Å²) in [7, 11) is 7.05. The zero-order valence-corrected chi connectivity index (χ0v) is 19.2. The number of benzene rings is 2. The predicted octanol–water partition coefficient (Wildman–Crippen LogP) is 2.60. The number of thioether (sulfide) groups is 1. The fourth-order valence-electron chi connectivity index (χ4n) is 3.84. The van der Waals surface area contributed by atoms with Gasteiger partial charge in [0.05, 0.1) is 15.9 Å². The van der Waals surface area contributed by atoms with Gasteiger partial charge in [0.2, 0.25) is 0 Å². The Morgan fingerprint density at radius 3 is 2.09 bits per heavy atom. The Bertz CT molecular complexity index is 1460. The largest absolute Gasteiger partial charge is 0.377 e. The Kier molecular flexibility index (Phi) is 5.29. The molecule has 0 spiro atoms. The van der Waals surface area contributed by atoms with Crippen molar-refractivity contribution < 1.29 is 9.59 Å². The Labute approximate surface area is 188 Å². The number of anilines is 1. The van der Waals surface area contributed by atoms with Crippen LogP contribution < -0.4 is 21.3 Å². The standard InChI is InChI=1S/C23H22N4O4S/c1-12-8-17-18(27(5)22(30)21(29)26(17)4)11-14(12)15-9-13(6-7-16(15)25(2)3)10-19-20(28)24-23(31)32-19/h6-11H,1-5H3,(H,24,28,31)/b19-10+. The van der Waals surface area contributed by atoms with E-state index < -0.39 is 17.0 Å². The van der Waals surface area contributed by atoms with Crippen LogP contribution in [0, 0.1) is 6.92 Å². The first-order valence-electron chi connectivity index (χ1n) is 9.85. The number of nitrogens with zero attached hydrogens (tertiary/aromatic N) is 3. The minimum Gasteiger partial charge on any atom is -0.377 e. The number of hydrogen-bond donors (Lipinski definition) is 1. The minimum absolute atomic E-state index is 0.339. The van der Waals surface area contributed by atoms with Crippen molar-refractivity contribution in [1.82, 2.24) is 14.5 Å². The monoisotopic (exact) mass is 450 g/mol. The molecule has 3 aromatic rings. The van der Waals surface area contributed by atoms with Crippen molar-refractivity contribution in [1.29, 1.82) is 0 Å². The Hall–Kier alpha value is -3.59. The van der Waals surface area contributed by atoms with Crippen LogP contribution in [0.2, 0.25) is 0 Å². The second-order valence-electron chi connectivity index (χ2n) is 7.91. The number of rotatable bonds is 3. The Morgan fingerprint density at radius 2 is 1.53 bits per heavy atom. The molecule has 4 rings (SSSR count). The van der Waals surface area contributed by atoms with Crippen molar-refractivity contribution in [3.8, 4) is 11.1 Å². The van der Waals surface area contributed by atoms with E-state index in [9.17, 15) is 19.2 Å². The van der Waals surface area contributed by atoms with Gasteiger partial charge in [-0.25, -0.2) is 0 Å². The van der Waals surface area contributed by atoms with Gasteiger partial charge in [-0.15, -0.1) is 0 Å². The van der Waals surface area contributed by atoms with Crippen LogP contribution in [-0.4, -0.2) is 34.4 Å². The van der Waals surface area contributed by atoms with Gasteiger partial charge in [-0.1, -0.05) is 6.07 Å². The lowest BCUT2D eigenvalue weighted by molar-refractivity contribution is -0.115. The molecule has 1 aromatic heterocycles. The van der Waals surface area contributed by atoms with Crippen LogP contribution in [0.15, 0.2) is 44.8 Å². The molecule has 1 fully saturated rings. The fourth-order valence-corrected chi connectivity index (χ4v) is 4.52. The van der Waals surface area contributed by atoms with E-state index in [-0.39, 0.29) is 5.24 Å². The average Bonchev–Trinajstić information content (AvgIpc) is 3.06. The van der Waals surface area contributed by atoms with Crippen molar-refractivity contribution in [3.05, 3.63) is 67.1 Å². The summed E-state index contributed by atoms with van der Waals surface area (Å²) in [5.74, 6) is -0.406. The van der Waals surface area contributed by atoms with Crippen molar-refractivity contribution >= 4 is 45.7 Å². The lowest BCUT2D eigenvalue weighted by Gasteiger charge is -2.21. The fraction of sp³-hybridized carbons (Fsp3) is 0.217. The molecule has 0 saturated carbocycles. The SMILES string of the molecule is Cc1cc2c(cc1-c1cc(/C=C3/SC(=O)NC3=O)ccc1N(C)C)n(C)c(=O)c(=O)n2C.